The van der Waals surface area contributed by atoms with Gasteiger partial charge in [-0.15, -0.1) is 0 Å². The van der Waals surface area contributed by atoms with Crippen LogP contribution in [0.5, 0.6) is 0 Å². The van der Waals surface area contributed by atoms with E-state index in [0.29, 0.717) is 37.4 Å². The summed E-state index contributed by atoms with van der Waals surface area (Å²) in [6.45, 7) is 7.21. The number of aliphatic hydroxyl groups excluding tert-OH is 1. The van der Waals surface area contributed by atoms with E-state index >= 15 is 0 Å². The molecule has 0 unspecified atom stereocenters. The first kappa shape index (κ1) is 18.5. The van der Waals surface area contributed by atoms with E-state index in [0.717, 1.165) is 0 Å². The van der Waals surface area contributed by atoms with Crippen molar-refractivity contribution in [1.82, 2.24) is 5.32 Å². The van der Waals surface area contributed by atoms with Crippen LogP contribution in [0.15, 0.2) is 18.2 Å². The predicted octanol–water partition coefficient (Wildman–Crippen LogP) is 2.33. The van der Waals surface area contributed by atoms with Crippen molar-refractivity contribution in [1.29, 1.82) is 0 Å². The number of urea groups is 1. The molecule has 3 N–H and O–H groups in total. The molecule has 0 aromatic heterocycles. The second-order valence-corrected chi connectivity index (χ2v) is 6.35. The average Bonchev–Trinajstić information content (AvgIpc) is 2.45. The number of carbonyl (C=O) groups excluding carboxylic acids is 1. The van der Waals surface area contributed by atoms with Crippen molar-refractivity contribution >= 4 is 17.4 Å². The standard InChI is InChI=1S/C17H26FN3O3/c1-11(22)6-7-19-17(23)20-14-4-5-16(15(18)8-14)21-9-12(2)24-13(3)10-21/h4-5,8,11-13,22H,6-7,9-10H2,1-3H3,(H2,19,20,23)/t11-,12+,13+/m0/s1. The molecule has 0 saturated carbocycles. The monoisotopic (exact) mass is 339 g/mol. The number of nitrogens with one attached hydrogen (secondary N) is 2. The Hall–Kier alpha value is -1.86. The lowest BCUT2D eigenvalue weighted by Gasteiger charge is -2.37. The van der Waals surface area contributed by atoms with Crippen molar-refractivity contribution < 1.29 is 19.0 Å². The number of ether oxygens (including phenoxy) is 1. The summed E-state index contributed by atoms with van der Waals surface area (Å²) in [5.74, 6) is -0.377. The Morgan fingerprint density at radius 3 is 2.67 bits per heavy atom. The van der Waals surface area contributed by atoms with Crippen LogP contribution < -0.4 is 15.5 Å². The summed E-state index contributed by atoms with van der Waals surface area (Å²) in [5.41, 5.74) is 0.900. The molecule has 1 saturated heterocycles. The molecule has 134 valence electrons. The van der Waals surface area contributed by atoms with Gasteiger partial charge in [0.05, 0.1) is 24.0 Å². The van der Waals surface area contributed by atoms with Gasteiger partial charge in [-0.2, -0.15) is 0 Å². The highest BCUT2D eigenvalue weighted by molar-refractivity contribution is 5.89. The number of carbonyl (C=O) groups is 1. The number of halogens is 1. The molecular weight excluding hydrogens is 313 g/mol. The van der Waals surface area contributed by atoms with Crippen molar-refractivity contribution in [2.75, 3.05) is 29.9 Å². The van der Waals surface area contributed by atoms with Crippen molar-refractivity contribution in [2.45, 2.75) is 45.5 Å². The summed E-state index contributed by atoms with van der Waals surface area (Å²) in [4.78, 5) is 13.7. The molecule has 2 rings (SSSR count). The zero-order chi connectivity index (χ0) is 17.7. The highest BCUT2D eigenvalue weighted by Gasteiger charge is 2.24. The molecule has 6 nitrogen and oxygen atoms in total. The molecule has 0 bridgehead atoms. The van der Waals surface area contributed by atoms with Gasteiger partial charge in [-0.25, -0.2) is 9.18 Å². The summed E-state index contributed by atoms with van der Waals surface area (Å²) >= 11 is 0. The number of hydrogen-bond donors (Lipinski definition) is 3. The zero-order valence-corrected chi connectivity index (χ0v) is 14.4. The van der Waals surface area contributed by atoms with E-state index in [9.17, 15) is 9.18 Å². The van der Waals surface area contributed by atoms with Crippen LogP contribution in [0.25, 0.3) is 0 Å². The maximum absolute atomic E-state index is 14.4. The third kappa shape index (κ3) is 5.35. The number of benzene rings is 1. The van der Waals surface area contributed by atoms with E-state index in [1.165, 1.54) is 6.07 Å². The first-order valence-corrected chi connectivity index (χ1v) is 8.28. The highest BCUT2D eigenvalue weighted by atomic mass is 19.1. The van der Waals surface area contributed by atoms with Gasteiger partial charge in [0.1, 0.15) is 5.82 Å². The molecule has 1 aliphatic rings. The lowest BCUT2D eigenvalue weighted by Crippen LogP contribution is -2.45. The van der Waals surface area contributed by atoms with Crippen molar-refractivity contribution in [3.05, 3.63) is 24.0 Å². The Labute approximate surface area is 142 Å². The topological polar surface area (TPSA) is 73.8 Å². The second kappa shape index (κ2) is 8.30. The van der Waals surface area contributed by atoms with Crippen LogP contribution in [0, 0.1) is 5.82 Å². The molecule has 7 heteroatoms. The van der Waals surface area contributed by atoms with Gasteiger partial charge < -0.3 is 25.4 Å². The van der Waals surface area contributed by atoms with Gasteiger partial charge in [0, 0.05) is 25.3 Å². The summed E-state index contributed by atoms with van der Waals surface area (Å²) < 4.78 is 20.1. The molecule has 1 aromatic carbocycles. The van der Waals surface area contributed by atoms with Gasteiger partial charge in [-0.3, -0.25) is 0 Å². The normalized spacial score (nSPS) is 22.1. The predicted molar refractivity (Wildman–Crippen MR) is 91.9 cm³/mol. The molecule has 1 aromatic rings. The summed E-state index contributed by atoms with van der Waals surface area (Å²) in [6, 6.07) is 4.24. The second-order valence-electron chi connectivity index (χ2n) is 6.35. The van der Waals surface area contributed by atoms with Crippen LogP contribution in [0.2, 0.25) is 0 Å². The molecule has 0 radical (unpaired) electrons. The maximum atomic E-state index is 14.4. The first-order valence-electron chi connectivity index (χ1n) is 8.28. The van der Waals surface area contributed by atoms with Crippen LogP contribution in [0.3, 0.4) is 0 Å². The number of aliphatic hydroxyl groups is 1. The summed E-state index contributed by atoms with van der Waals surface area (Å²) in [6.07, 6.45) is 0.0883. The van der Waals surface area contributed by atoms with E-state index < -0.39 is 12.1 Å². The number of rotatable bonds is 5. The van der Waals surface area contributed by atoms with E-state index in [2.05, 4.69) is 10.6 Å². The van der Waals surface area contributed by atoms with Gasteiger partial charge in [0.25, 0.3) is 0 Å². The number of hydrogen-bond acceptors (Lipinski definition) is 4. The highest BCUT2D eigenvalue weighted by Crippen LogP contribution is 2.26. The van der Waals surface area contributed by atoms with Gasteiger partial charge in [0.15, 0.2) is 0 Å². The van der Waals surface area contributed by atoms with E-state index in [-0.39, 0.29) is 18.0 Å². The lowest BCUT2D eigenvalue weighted by atomic mass is 10.2. The van der Waals surface area contributed by atoms with Crippen LogP contribution in [-0.2, 0) is 4.74 Å². The quantitative estimate of drug-likeness (QED) is 0.770. The fraction of sp³-hybridized carbons (Fsp3) is 0.588. The maximum Gasteiger partial charge on any atom is 0.319 e. The minimum absolute atomic E-state index is 0.0469. The molecule has 0 spiro atoms. The minimum atomic E-state index is -0.472. The van der Waals surface area contributed by atoms with Gasteiger partial charge in [0.2, 0.25) is 0 Å². The molecule has 1 aliphatic heterocycles. The van der Waals surface area contributed by atoms with Crippen molar-refractivity contribution in [2.24, 2.45) is 0 Å². The number of anilines is 2. The van der Waals surface area contributed by atoms with Gasteiger partial charge in [-0.1, -0.05) is 0 Å². The summed E-state index contributed by atoms with van der Waals surface area (Å²) in [7, 11) is 0. The average molecular weight is 339 g/mol. The van der Waals surface area contributed by atoms with Crippen molar-refractivity contribution in [3.63, 3.8) is 0 Å². The third-order valence-electron chi connectivity index (χ3n) is 3.81. The zero-order valence-electron chi connectivity index (χ0n) is 14.4. The largest absolute Gasteiger partial charge is 0.393 e. The molecule has 0 aliphatic carbocycles. The molecule has 2 amide bonds. The van der Waals surface area contributed by atoms with Crippen LogP contribution in [0.1, 0.15) is 27.2 Å². The minimum Gasteiger partial charge on any atom is -0.393 e. The van der Waals surface area contributed by atoms with Crippen molar-refractivity contribution in [3.8, 4) is 0 Å². The Bertz CT molecular complexity index is 558. The van der Waals surface area contributed by atoms with Crippen LogP contribution >= 0.6 is 0 Å². The SMILES string of the molecule is C[C@H](O)CCNC(=O)Nc1ccc(N2C[C@@H](C)O[C@H](C)C2)c(F)c1. The number of amides is 2. The molecule has 3 atom stereocenters. The Morgan fingerprint density at radius 2 is 2.08 bits per heavy atom. The van der Waals surface area contributed by atoms with E-state index in [1.807, 2.05) is 18.7 Å². The third-order valence-corrected chi connectivity index (χ3v) is 3.81. The molecule has 24 heavy (non-hydrogen) atoms. The Balaban J connectivity index is 1.95. The Kier molecular flexibility index (Phi) is 6.39. The van der Waals surface area contributed by atoms with Gasteiger partial charge in [-0.05, 0) is 45.4 Å². The molecular formula is C17H26FN3O3. The van der Waals surface area contributed by atoms with E-state index in [4.69, 9.17) is 9.84 Å². The van der Waals surface area contributed by atoms with E-state index in [1.54, 1.807) is 19.1 Å². The van der Waals surface area contributed by atoms with Crippen LogP contribution in [-0.4, -0.2) is 49.1 Å². The lowest BCUT2D eigenvalue weighted by molar-refractivity contribution is -0.00539. The number of nitrogens with zero attached hydrogens (tertiary/aromatic N) is 1. The fourth-order valence-electron chi connectivity index (χ4n) is 2.79. The first-order chi connectivity index (χ1) is 11.3. The van der Waals surface area contributed by atoms with Crippen LogP contribution in [0.4, 0.5) is 20.6 Å². The fourth-order valence-corrected chi connectivity index (χ4v) is 2.79. The van der Waals surface area contributed by atoms with Gasteiger partial charge >= 0.3 is 6.03 Å². The summed E-state index contributed by atoms with van der Waals surface area (Å²) in [5, 5.41) is 14.3. The smallest absolute Gasteiger partial charge is 0.319 e. The molecule has 1 fully saturated rings. The Morgan fingerprint density at radius 1 is 1.42 bits per heavy atom. The molecule has 1 heterocycles. The number of morpholine rings is 1.